The van der Waals surface area contributed by atoms with Gasteiger partial charge in [0, 0.05) is 18.2 Å². The molecule has 2 nitrogen and oxygen atoms in total. The first-order valence-corrected chi connectivity index (χ1v) is 7.71. The minimum Gasteiger partial charge on any atom is -0.377 e. The Morgan fingerprint density at radius 1 is 1.45 bits per heavy atom. The number of hydrogen-bond donors (Lipinski definition) is 1. The second-order valence-corrected chi connectivity index (χ2v) is 5.98. The van der Waals surface area contributed by atoms with E-state index in [4.69, 9.17) is 16.3 Å². The Hall–Kier alpha value is -0.640. The molecule has 1 aromatic rings. The Morgan fingerprint density at radius 3 is 2.70 bits per heavy atom. The zero-order valence-corrected chi connectivity index (χ0v) is 13.0. The fourth-order valence-corrected chi connectivity index (χ4v) is 3.13. The standard InChI is InChI=1S/C16H23ClFNO/c1-3-9-19-15(16(20-2)7-4-8-16)10-12-5-6-13(18)11-14(12)17/h5-6,11,15,19H,3-4,7-10H2,1-2H3. The molecule has 0 aliphatic heterocycles. The Morgan fingerprint density at radius 2 is 2.20 bits per heavy atom. The summed E-state index contributed by atoms with van der Waals surface area (Å²) in [7, 11) is 1.78. The van der Waals surface area contributed by atoms with Gasteiger partial charge in [0.2, 0.25) is 0 Å². The van der Waals surface area contributed by atoms with E-state index < -0.39 is 0 Å². The lowest BCUT2D eigenvalue weighted by Gasteiger charge is -2.47. The normalized spacial score (nSPS) is 18.6. The van der Waals surface area contributed by atoms with Gasteiger partial charge in [-0.3, -0.25) is 0 Å². The number of rotatable bonds is 7. The average molecular weight is 300 g/mol. The fourth-order valence-electron chi connectivity index (χ4n) is 2.89. The van der Waals surface area contributed by atoms with Crippen molar-refractivity contribution in [3.05, 3.63) is 34.6 Å². The van der Waals surface area contributed by atoms with E-state index in [0.29, 0.717) is 5.02 Å². The van der Waals surface area contributed by atoms with Gasteiger partial charge in [0.1, 0.15) is 5.82 Å². The number of nitrogens with one attached hydrogen (secondary N) is 1. The third kappa shape index (κ3) is 3.33. The molecule has 0 aromatic heterocycles. The van der Waals surface area contributed by atoms with Crippen LogP contribution < -0.4 is 5.32 Å². The Labute approximate surface area is 125 Å². The minimum absolute atomic E-state index is 0.0904. The lowest BCUT2D eigenvalue weighted by Crippen LogP contribution is -2.57. The van der Waals surface area contributed by atoms with Gasteiger partial charge in [-0.2, -0.15) is 0 Å². The molecule has 1 aliphatic rings. The van der Waals surface area contributed by atoms with Gasteiger partial charge in [-0.25, -0.2) is 4.39 Å². The number of ether oxygens (including phenoxy) is 1. The second-order valence-electron chi connectivity index (χ2n) is 5.57. The summed E-state index contributed by atoms with van der Waals surface area (Å²) in [5.41, 5.74) is 0.886. The van der Waals surface area contributed by atoms with Gasteiger partial charge in [0.25, 0.3) is 0 Å². The van der Waals surface area contributed by atoms with Crippen LogP contribution in [0.5, 0.6) is 0 Å². The summed E-state index contributed by atoms with van der Waals surface area (Å²) in [6, 6.07) is 4.86. The molecular weight excluding hydrogens is 277 g/mol. The van der Waals surface area contributed by atoms with E-state index in [1.54, 1.807) is 13.2 Å². The van der Waals surface area contributed by atoms with Crippen molar-refractivity contribution in [2.45, 2.75) is 50.7 Å². The van der Waals surface area contributed by atoms with Gasteiger partial charge in [-0.05, 0) is 56.3 Å². The summed E-state index contributed by atoms with van der Waals surface area (Å²) in [6.07, 6.45) is 5.20. The van der Waals surface area contributed by atoms with Gasteiger partial charge in [0.05, 0.1) is 5.60 Å². The molecule has 1 fully saturated rings. The van der Waals surface area contributed by atoms with E-state index in [2.05, 4.69) is 12.2 Å². The molecule has 0 radical (unpaired) electrons. The zero-order valence-electron chi connectivity index (χ0n) is 12.2. The van der Waals surface area contributed by atoms with Gasteiger partial charge in [-0.1, -0.05) is 24.6 Å². The van der Waals surface area contributed by atoms with Crippen LogP contribution in [0, 0.1) is 5.82 Å². The van der Waals surface area contributed by atoms with Crippen molar-refractivity contribution in [3.63, 3.8) is 0 Å². The molecule has 1 N–H and O–H groups in total. The number of benzene rings is 1. The van der Waals surface area contributed by atoms with Crippen LogP contribution in [0.25, 0.3) is 0 Å². The van der Waals surface area contributed by atoms with Crippen molar-refractivity contribution < 1.29 is 9.13 Å². The quantitative estimate of drug-likeness (QED) is 0.823. The zero-order chi connectivity index (χ0) is 14.6. The first-order chi connectivity index (χ1) is 9.61. The van der Waals surface area contributed by atoms with Crippen molar-refractivity contribution in [3.8, 4) is 0 Å². The summed E-state index contributed by atoms with van der Waals surface area (Å²) in [4.78, 5) is 0. The maximum absolute atomic E-state index is 13.1. The number of halogens is 2. The Kier molecular flexibility index (Phi) is 5.42. The number of hydrogen-bond acceptors (Lipinski definition) is 2. The third-order valence-electron chi connectivity index (χ3n) is 4.32. The van der Waals surface area contributed by atoms with Crippen LogP contribution in [-0.2, 0) is 11.2 Å². The summed E-state index contributed by atoms with van der Waals surface area (Å²) >= 11 is 6.15. The minimum atomic E-state index is -0.290. The smallest absolute Gasteiger partial charge is 0.124 e. The molecule has 1 aliphatic carbocycles. The summed E-state index contributed by atoms with van der Waals surface area (Å²) < 4.78 is 18.9. The summed E-state index contributed by atoms with van der Waals surface area (Å²) in [5, 5.41) is 4.07. The van der Waals surface area contributed by atoms with Crippen LogP contribution in [0.1, 0.15) is 38.2 Å². The van der Waals surface area contributed by atoms with Crippen LogP contribution >= 0.6 is 11.6 Å². The van der Waals surface area contributed by atoms with Crippen LogP contribution in [0.4, 0.5) is 4.39 Å². The van der Waals surface area contributed by atoms with E-state index in [-0.39, 0.29) is 17.5 Å². The maximum Gasteiger partial charge on any atom is 0.124 e. The highest BCUT2D eigenvalue weighted by atomic mass is 35.5. The molecular formula is C16H23ClFNO. The predicted octanol–water partition coefficient (Wildman–Crippen LogP) is 3.96. The maximum atomic E-state index is 13.1. The molecule has 1 aromatic carbocycles. The molecule has 2 rings (SSSR count). The highest BCUT2D eigenvalue weighted by Gasteiger charge is 2.44. The van der Waals surface area contributed by atoms with Crippen molar-refractivity contribution in [2.75, 3.05) is 13.7 Å². The van der Waals surface area contributed by atoms with Gasteiger partial charge in [0.15, 0.2) is 0 Å². The lowest BCUT2D eigenvalue weighted by molar-refractivity contribution is -0.0980. The van der Waals surface area contributed by atoms with Crippen LogP contribution in [-0.4, -0.2) is 25.3 Å². The van der Waals surface area contributed by atoms with Crippen LogP contribution in [0.2, 0.25) is 5.02 Å². The molecule has 0 saturated heterocycles. The highest BCUT2D eigenvalue weighted by Crippen LogP contribution is 2.39. The van der Waals surface area contributed by atoms with Crippen LogP contribution in [0.3, 0.4) is 0 Å². The fraction of sp³-hybridized carbons (Fsp3) is 0.625. The predicted molar refractivity (Wildman–Crippen MR) is 80.8 cm³/mol. The Bertz CT molecular complexity index is 443. The lowest BCUT2D eigenvalue weighted by atomic mass is 9.72. The third-order valence-corrected chi connectivity index (χ3v) is 4.67. The van der Waals surface area contributed by atoms with E-state index in [0.717, 1.165) is 37.8 Å². The number of methoxy groups -OCH3 is 1. The highest BCUT2D eigenvalue weighted by molar-refractivity contribution is 6.31. The molecule has 112 valence electrons. The molecule has 1 atom stereocenters. The molecule has 0 amide bonds. The van der Waals surface area contributed by atoms with Crippen molar-refractivity contribution in [2.24, 2.45) is 0 Å². The van der Waals surface area contributed by atoms with E-state index in [1.165, 1.54) is 18.6 Å². The van der Waals surface area contributed by atoms with E-state index in [9.17, 15) is 4.39 Å². The largest absolute Gasteiger partial charge is 0.377 e. The first-order valence-electron chi connectivity index (χ1n) is 7.34. The van der Waals surface area contributed by atoms with Gasteiger partial charge < -0.3 is 10.1 Å². The van der Waals surface area contributed by atoms with E-state index >= 15 is 0 Å². The summed E-state index contributed by atoms with van der Waals surface area (Å²) in [6.45, 7) is 3.10. The monoisotopic (exact) mass is 299 g/mol. The van der Waals surface area contributed by atoms with Crippen molar-refractivity contribution >= 4 is 11.6 Å². The SMILES string of the molecule is CCCNC(Cc1ccc(F)cc1Cl)C1(OC)CCC1. The first kappa shape index (κ1) is 15.7. The average Bonchev–Trinajstić information content (AvgIpc) is 2.37. The van der Waals surface area contributed by atoms with Crippen LogP contribution in [0.15, 0.2) is 18.2 Å². The summed E-state index contributed by atoms with van der Waals surface area (Å²) in [5.74, 6) is -0.290. The molecule has 0 bridgehead atoms. The molecule has 1 unspecified atom stereocenters. The van der Waals surface area contributed by atoms with Crippen molar-refractivity contribution in [1.82, 2.24) is 5.32 Å². The van der Waals surface area contributed by atoms with Gasteiger partial charge >= 0.3 is 0 Å². The molecule has 0 heterocycles. The molecule has 1 saturated carbocycles. The van der Waals surface area contributed by atoms with Gasteiger partial charge in [-0.15, -0.1) is 0 Å². The molecule has 4 heteroatoms. The second kappa shape index (κ2) is 6.88. The molecule has 20 heavy (non-hydrogen) atoms. The topological polar surface area (TPSA) is 21.3 Å². The van der Waals surface area contributed by atoms with E-state index in [1.807, 2.05) is 0 Å². The molecule has 0 spiro atoms. The Balaban J connectivity index is 2.14. The van der Waals surface area contributed by atoms with Crippen molar-refractivity contribution in [1.29, 1.82) is 0 Å².